The molecule has 250 valence electrons. The lowest BCUT2D eigenvalue weighted by molar-refractivity contribution is -0.404. The van der Waals surface area contributed by atoms with E-state index in [1.165, 1.54) is 0 Å². The molecular weight excluding hydrogens is 701 g/mol. The molecule has 4 rings (SSSR count). The number of hydrogen-bond donors (Lipinski definition) is 6. The number of imidazole rings is 1. The minimum Gasteiger partial charge on any atom is -0.473 e. The number of phosphoric acid groups is 3. The smallest absolute Gasteiger partial charge is 0.473 e. The number of nitrogens with zero attached hydrogens (tertiary/aromatic N) is 7. The number of nitrogen functional groups attached to an aromatic ring is 1. The molecule has 2 aromatic heterocycles. The average molecular weight is 718 g/mol. The number of benzene rings is 1. The third-order valence-corrected chi connectivity index (χ3v) is 9.48. The number of ether oxygens (including phenoxy) is 2. The highest BCUT2D eigenvalue weighted by molar-refractivity contribution is 7.66. The zero-order chi connectivity index (χ0) is 34.4. The maximum atomic E-state index is 12.3. The molecular formula is C16H17N8O19P3. The summed E-state index contributed by atoms with van der Waals surface area (Å²) in [6, 6.07) is 0.623. The van der Waals surface area contributed by atoms with Gasteiger partial charge in [0.1, 0.15) is 24.1 Å². The molecule has 1 aliphatic rings. The van der Waals surface area contributed by atoms with Gasteiger partial charge in [-0.25, -0.2) is 28.6 Å². The van der Waals surface area contributed by atoms with Gasteiger partial charge in [-0.1, -0.05) is 0 Å². The number of phosphoric ester groups is 1. The number of nitro groups is 3. The van der Waals surface area contributed by atoms with E-state index in [0.717, 1.165) is 17.2 Å². The van der Waals surface area contributed by atoms with E-state index in [2.05, 4.69) is 28.1 Å². The summed E-state index contributed by atoms with van der Waals surface area (Å²) in [4.78, 5) is 79.2. The molecule has 0 bridgehead atoms. The summed E-state index contributed by atoms with van der Waals surface area (Å²) in [7, 11) is -17.5. The van der Waals surface area contributed by atoms with Gasteiger partial charge in [0.15, 0.2) is 23.8 Å². The highest BCUT2D eigenvalue weighted by Gasteiger charge is 2.50. The summed E-state index contributed by atoms with van der Waals surface area (Å²) in [5.74, 6) is -1.37. The van der Waals surface area contributed by atoms with Crippen LogP contribution in [-0.4, -0.2) is 83.9 Å². The molecule has 1 fully saturated rings. The molecule has 0 amide bonds. The van der Waals surface area contributed by atoms with Gasteiger partial charge < -0.3 is 39.9 Å². The minimum absolute atomic E-state index is 0.0193. The largest absolute Gasteiger partial charge is 0.490 e. The number of anilines is 1. The van der Waals surface area contributed by atoms with Gasteiger partial charge in [-0.15, -0.1) is 0 Å². The van der Waals surface area contributed by atoms with Crippen molar-refractivity contribution in [3.05, 3.63) is 55.1 Å². The van der Waals surface area contributed by atoms with Crippen LogP contribution < -0.4 is 10.5 Å². The lowest BCUT2D eigenvalue weighted by Crippen LogP contribution is -2.39. The fourth-order valence-corrected chi connectivity index (χ4v) is 7.00. The van der Waals surface area contributed by atoms with E-state index in [1.807, 2.05) is 0 Å². The van der Waals surface area contributed by atoms with Gasteiger partial charge in [0.05, 0.1) is 39.8 Å². The first-order valence-corrected chi connectivity index (χ1v) is 16.0. The number of nitrogens with two attached hydrogens (primary N) is 1. The number of aromatic nitrogens is 4. The van der Waals surface area contributed by atoms with E-state index >= 15 is 0 Å². The van der Waals surface area contributed by atoms with Gasteiger partial charge in [0.25, 0.3) is 11.4 Å². The SMILES string of the molecule is Nc1ncnc2c1ncn2[C@@H]1O[C@H](COP(=O)(O)OP(=O)(O)OP(=O)(O)O)[C@@H](Oc2c([N+](=O)[O-])cc([N+](=O)[O-])cc2[N+](=O)[O-])C1O. The highest BCUT2D eigenvalue weighted by atomic mass is 31.3. The number of nitro benzene ring substituents is 3. The van der Waals surface area contributed by atoms with Gasteiger partial charge in [-0.05, 0) is 0 Å². The molecule has 7 N–H and O–H groups in total. The third-order valence-electron chi connectivity index (χ3n) is 5.68. The molecule has 46 heavy (non-hydrogen) atoms. The molecule has 6 atom stereocenters. The second kappa shape index (κ2) is 12.6. The second-order valence-corrected chi connectivity index (χ2v) is 13.1. The molecule has 3 unspecified atom stereocenters. The van der Waals surface area contributed by atoms with Crippen LogP contribution in [0.2, 0.25) is 0 Å². The first-order valence-electron chi connectivity index (χ1n) is 11.5. The molecule has 0 saturated carbocycles. The predicted octanol–water partition coefficient (Wildman–Crippen LogP) is 0.182. The molecule has 1 aliphatic heterocycles. The average Bonchev–Trinajstić information content (AvgIpc) is 3.46. The number of hydrogen-bond acceptors (Lipinski definition) is 19. The van der Waals surface area contributed by atoms with Crippen LogP contribution >= 0.6 is 23.5 Å². The first kappa shape index (κ1) is 34.8. The van der Waals surface area contributed by atoms with Gasteiger partial charge in [-0.2, -0.15) is 8.62 Å². The van der Waals surface area contributed by atoms with Crippen LogP contribution in [0.5, 0.6) is 5.75 Å². The third kappa shape index (κ3) is 7.64. The van der Waals surface area contributed by atoms with Gasteiger partial charge >= 0.3 is 34.8 Å². The van der Waals surface area contributed by atoms with Crippen LogP contribution in [0.1, 0.15) is 6.23 Å². The van der Waals surface area contributed by atoms with Crippen LogP contribution in [0, 0.1) is 30.3 Å². The zero-order valence-corrected chi connectivity index (χ0v) is 24.5. The number of aliphatic hydroxyl groups excluding tert-OH is 1. The topological polar surface area (TPSA) is 398 Å². The van der Waals surface area contributed by atoms with Gasteiger partial charge in [0, 0.05) is 0 Å². The van der Waals surface area contributed by atoms with E-state index in [9.17, 15) is 58.9 Å². The van der Waals surface area contributed by atoms with E-state index in [0.29, 0.717) is 12.1 Å². The second-order valence-electron chi connectivity index (χ2n) is 8.69. The van der Waals surface area contributed by atoms with E-state index in [4.69, 9.17) is 25.0 Å². The summed E-state index contributed by atoms with van der Waals surface area (Å²) >= 11 is 0. The van der Waals surface area contributed by atoms with Crippen LogP contribution in [0.15, 0.2) is 24.8 Å². The van der Waals surface area contributed by atoms with Crippen molar-refractivity contribution < 1.29 is 75.8 Å². The van der Waals surface area contributed by atoms with Crippen molar-refractivity contribution in [2.24, 2.45) is 0 Å². The molecule has 27 nitrogen and oxygen atoms in total. The molecule has 3 aromatic rings. The summed E-state index contributed by atoms with van der Waals surface area (Å²) < 4.78 is 58.7. The lowest BCUT2D eigenvalue weighted by Gasteiger charge is -2.22. The molecule has 3 heterocycles. The Labute approximate surface area is 251 Å². The summed E-state index contributed by atoms with van der Waals surface area (Å²) in [6.07, 6.45) is -5.74. The Bertz CT molecular complexity index is 1830. The van der Waals surface area contributed by atoms with Crippen LogP contribution in [0.4, 0.5) is 22.9 Å². The number of rotatable bonds is 13. The Kier molecular flexibility index (Phi) is 9.52. The standard InChI is InChI=1S/C16H17N8O19P3/c17-14-10-15(19-4-18-14)21(5-20-10)16-11(25)13(9(40-16)3-39-45(35,36)43-46(37,38)42-44(32,33)34)41-12-7(23(28)29)1-6(22(26)27)2-8(12)24(30)31/h1-2,4-5,9,11,13,16,25H,3H2,(H,35,36)(H,37,38)(H2,17,18,19)(H2,32,33,34)/t9-,11?,13-,16-/m1/s1. The zero-order valence-electron chi connectivity index (χ0n) is 21.8. The molecule has 0 aliphatic carbocycles. The van der Waals surface area contributed by atoms with Gasteiger partial charge in [0.2, 0.25) is 0 Å². The number of non-ortho nitro benzene ring substituents is 1. The van der Waals surface area contributed by atoms with E-state index < -0.39 is 92.2 Å². The van der Waals surface area contributed by atoms with E-state index in [-0.39, 0.29) is 17.0 Å². The van der Waals surface area contributed by atoms with E-state index in [1.54, 1.807) is 0 Å². The Hall–Kier alpha value is -4.10. The Balaban J connectivity index is 1.74. The Morgan fingerprint density at radius 3 is 2.09 bits per heavy atom. The maximum absolute atomic E-state index is 12.3. The minimum atomic E-state index is -5.98. The van der Waals surface area contributed by atoms with Crippen molar-refractivity contribution in [1.82, 2.24) is 19.5 Å². The quantitative estimate of drug-likeness (QED) is 0.0779. The molecule has 0 spiro atoms. The number of aliphatic hydroxyl groups is 1. The van der Waals surface area contributed by atoms with Crippen molar-refractivity contribution in [1.29, 1.82) is 0 Å². The fourth-order valence-electron chi connectivity index (χ4n) is 3.97. The van der Waals surface area contributed by atoms with Crippen LogP contribution in [0.25, 0.3) is 11.2 Å². The molecule has 1 saturated heterocycles. The van der Waals surface area contributed by atoms with Crippen molar-refractivity contribution in [3.63, 3.8) is 0 Å². The number of fused-ring (bicyclic) bond motifs is 1. The highest BCUT2D eigenvalue weighted by Crippen LogP contribution is 2.66. The van der Waals surface area contributed by atoms with Crippen molar-refractivity contribution in [2.75, 3.05) is 12.3 Å². The van der Waals surface area contributed by atoms with Crippen molar-refractivity contribution in [2.45, 2.75) is 24.5 Å². The summed E-state index contributed by atoms with van der Waals surface area (Å²) in [6.45, 7) is -1.32. The van der Waals surface area contributed by atoms with Crippen LogP contribution in [-0.2, 0) is 31.6 Å². The summed E-state index contributed by atoms with van der Waals surface area (Å²) in [5, 5.41) is 45.9. The maximum Gasteiger partial charge on any atom is 0.490 e. The lowest BCUT2D eigenvalue weighted by atomic mass is 10.1. The van der Waals surface area contributed by atoms with Crippen LogP contribution in [0.3, 0.4) is 0 Å². The van der Waals surface area contributed by atoms with Crippen molar-refractivity contribution >= 4 is 57.5 Å². The first-order chi connectivity index (χ1) is 21.2. The Morgan fingerprint density at radius 2 is 1.54 bits per heavy atom. The molecule has 30 heteroatoms. The molecule has 0 radical (unpaired) electrons. The Morgan fingerprint density at radius 1 is 0.935 bits per heavy atom. The normalized spacial score (nSPS) is 22.6. The fraction of sp³-hybridized carbons (Fsp3) is 0.312. The molecule has 1 aromatic carbocycles. The van der Waals surface area contributed by atoms with Crippen molar-refractivity contribution in [3.8, 4) is 5.75 Å². The monoisotopic (exact) mass is 718 g/mol. The van der Waals surface area contributed by atoms with Gasteiger partial charge in [-0.3, -0.25) is 39.4 Å². The summed E-state index contributed by atoms with van der Waals surface area (Å²) in [5.41, 5.74) is 1.91. The predicted molar refractivity (Wildman–Crippen MR) is 140 cm³/mol.